The summed E-state index contributed by atoms with van der Waals surface area (Å²) in [5, 5.41) is 3.03. The molecule has 2 atom stereocenters. The van der Waals surface area contributed by atoms with Crippen LogP contribution in [0.2, 0.25) is 0 Å². The van der Waals surface area contributed by atoms with Gasteiger partial charge in [-0.3, -0.25) is 4.79 Å². The molecule has 0 aliphatic carbocycles. The van der Waals surface area contributed by atoms with Crippen LogP contribution in [0.4, 0.5) is 5.69 Å². The van der Waals surface area contributed by atoms with E-state index in [1.54, 1.807) is 0 Å². The standard InChI is InChI=1S/C24H32N2O2/c1-17-7-12-23(19(3)14-17)28-16-24(27)25-20(4)21-8-10-22(11-9-21)26-13-5-6-18(2)15-26/h7-12,14,18,20H,5-6,13,15-16H2,1-4H3,(H,25,27)/t18-,20+/m0/s1. The summed E-state index contributed by atoms with van der Waals surface area (Å²) in [5.41, 5.74) is 4.61. The number of hydrogen-bond donors (Lipinski definition) is 1. The van der Waals surface area contributed by atoms with Crippen molar-refractivity contribution < 1.29 is 9.53 Å². The first kappa shape index (κ1) is 20.2. The summed E-state index contributed by atoms with van der Waals surface area (Å²) in [6.45, 7) is 10.6. The van der Waals surface area contributed by atoms with Gasteiger partial charge in [0.1, 0.15) is 5.75 Å². The number of carbonyl (C=O) groups is 1. The van der Waals surface area contributed by atoms with E-state index >= 15 is 0 Å². The summed E-state index contributed by atoms with van der Waals surface area (Å²) in [5.74, 6) is 1.40. The molecule has 2 aromatic carbocycles. The van der Waals surface area contributed by atoms with Gasteiger partial charge < -0.3 is 15.0 Å². The number of nitrogens with one attached hydrogen (secondary N) is 1. The lowest BCUT2D eigenvalue weighted by molar-refractivity contribution is -0.123. The van der Waals surface area contributed by atoms with Crippen LogP contribution in [0, 0.1) is 19.8 Å². The Morgan fingerprint density at radius 1 is 1.21 bits per heavy atom. The molecule has 1 fully saturated rings. The zero-order chi connectivity index (χ0) is 20.1. The van der Waals surface area contributed by atoms with Crippen LogP contribution in [-0.4, -0.2) is 25.6 Å². The van der Waals surface area contributed by atoms with E-state index < -0.39 is 0 Å². The molecule has 2 aromatic rings. The van der Waals surface area contributed by atoms with Gasteiger partial charge in [-0.15, -0.1) is 0 Å². The molecule has 1 saturated heterocycles. The van der Waals surface area contributed by atoms with E-state index in [0.29, 0.717) is 0 Å². The van der Waals surface area contributed by atoms with Crippen LogP contribution in [0.15, 0.2) is 42.5 Å². The predicted molar refractivity (Wildman–Crippen MR) is 115 cm³/mol. The topological polar surface area (TPSA) is 41.6 Å². The van der Waals surface area contributed by atoms with Crippen LogP contribution in [0.25, 0.3) is 0 Å². The Hall–Kier alpha value is -2.49. The second-order valence-corrected chi connectivity index (χ2v) is 8.13. The number of piperidine rings is 1. The smallest absolute Gasteiger partial charge is 0.258 e. The molecule has 1 aliphatic heterocycles. The monoisotopic (exact) mass is 380 g/mol. The fourth-order valence-electron chi connectivity index (χ4n) is 3.87. The quantitative estimate of drug-likeness (QED) is 0.783. The molecule has 1 heterocycles. The number of rotatable bonds is 6. The summed E-state index contributed by atoms with van der Waals surface area (Å²) in [6, 6.07) is 14.5. The maximum absolute atomic E-state index is 12.3. The zero-order valence-corrected chi connectivity index (χ0v) is 17.5. The van der Waals surface area contributed by atoms with Crippen molar-refractivity contribution in [2.75, 3.05) is 24.6 Å². The minimum Gasteiger partial charge on any atom is -0.484 e. The molecule has 0 spiro atoms. The molecule has 0 unspecified atom stereocenters. The molecule has 150 valence electrons. The first-order valence-electron chi connectivity index (χ1n) is 10.3. The molecular weight excluding hydrogens is 348 g/mol. The van der Waals surface area contributed by atoms with Crippen molar-refractivity contribution in [2.45, 2.75) is 46.6 Å². The van der Waals surface area contributed by atoms with Crippen molar-refractivity contribution in [3.8, 4) is 5.75 Å². The van der Waals surface area contributed by atoms with Gasteiger partial charge in [0.2, 0.25) is 0 Å². The lowest BCUT2D eigenvalue weighted by Crippen LogP contribution is -2.34. The van der Waals surface area contributed by atoms with Gasteiger partial charge in [0.05, 0.1) is 6.04 Å². The molecule has 0 bridgehead atoms. The summed E-state index contributed by atoms with van der Waals surface area (Å²) < 4.78 is 5.68. The number of anilines is 1. The zero-order valence-electron chi connectivity index (χ0n) is 17.5. The average molecular weight is 381 g/mol. The van der Waals surface area contributed by atoms with E-state index in [1.807, 2.05) is 32.9 Å². The predicted octanol–water partition coefficient (Wildman–Crippen LogP) is 4.80. The normalized spacial score (nSPS) is 17.9. The summed E-state index contributed by atoms with van der Waals surface area (Å²) in [4.78, 5) is 14.7. The number of nitrogens with zero attached hydrogens (tertiary/aromatic N) is 1. The third kappa shape index (κ3) is 5.28. The van der Waals surface area contributed by atoms with Crippen molar-refractivity contribution in [1.82, 2.24) is 5.32 Å². The van der Waals surface area contributed by atoms with Gasteiger partial charge in [0.25, 0.3) is 5.91 Å². The molecule has 1 aliphatic rings. The Bertz CT molecular complexity index is 801. The fraction of sp³-hybridized carbons (Fsp3) is 0.458. The van der Waals surface area contributed by atoms with Crippen LogP contribution >= 0.6 is 0 Å². The number of amides is 1. The molecule has 4 nitrogen and oxygen atoms in total. The molecule has 0 radical (unpaired) electrons. The highest BCUT2D eigenvalue weighted by molar-refractivity contribution is 5.78. The maximum Gasteiger partial charge on any atom is 0.258 e. The van der Waals surface area contributed by atoms with Crippen molar-refractivity contribution in [1.29, 1.82) is 0 Å². The molecule has 0 saturated carbocycles. The summed E-state index contributed by atoms with van der Waals surface area (Å²) in [6.07, 6.45) is 2.58. The molecular formula is C24H32N2O2. The molecule has 28 heavy (non-hydrogen) atoms. The second-order valence-electron chi connectivity index (χ2n) is 8.13. The van der Waals surface area contributed by atoms with Gasteiger partial charge in [-0.25, -0.2) is 0 Å². The number of aryl methyl sites for hydroxylation is 2. The minimum atomic E-state index is -0.110. The average Bonchev–Trinajstić information content (AvgIpc) is 2.67. The molecule has 4 heteroatoms. The van der Waals surface area contributed by atoms with E-state index in [0.717, 1.165) is 35.9 Å². The van der Waals surface area contributed by atoms with Crippen molar-refractivity contribution >= 4 is 11.6 Å². The minimum absolute atomic E-state index is 0.0258. The van der Waals surface area contributed by atoms with E-state index in [4.69, 9.17) is 4.74 Å². The number of hydrogen-bond acceptors (Lipinski definition) is 3. The Kier molecular flexibility index (Phi) is 6.61. The van der Waals surface area contributed by atoms with Crippen LogP contribution in [0.1, 0.15) is 49.4 Å². The van der Waals surface area contributed by atoms with Gasteiger partial charge in [-0.2, -0.15) is 0 Å². The largest absolute Gasteiger partial charge is 0.484 e. The lowest BCUT2D eigenvalue weighted by atomic mass is 9.99. The van der Waals surface area contributed by atoms with Crippen LogP contribution in [0.3, 0.4) is 0 Å². The highest BCUT2D eigenvalue weighted by Gasteiger charge is 2.17. The van der Waals surface area contributed by atoms with E-state index in [-0.39, 0.29) is 18.6 Å². The van der Waals surface area contributed by atoms with Gasteiger partial charge in [0.15, 0.2) is 6.61 Å². The van der Waals surface area contributed by atoms with E-state index in [2.05, 4.69) is 47.5 Å². The highest BCUT2D eigenvalue weighted by Crippen LogP contribution is 2.24. The first-order chi connectivity index (χ1) is 13.4. The van der Waals surface area contributed by atoms with Crippen molar-refractivity contribution in [3.63, 3.8) is 0 Å². The maximum atomic E-state index is 12.3. The van der Waals surface area contributed by atoms with E-state index in [9.17, 15) is 4.79 Å². The second kappa shape index (κ2) is 9.13. The summed E-state index contributed by atoms with van der Waals surface area (Å²) >= 11 is 0. The molecule has 1 amide bonds. The van der Waals surface area contributed by atoms with Gasteiger partial charge >= 0.3 is 0 Å². The third-order valence-electron chi connectivity index (χ3n) is 5.48. The SMILES string of the molecule is Cc1ccc(OCC(=O)N[C@H](C)c2ccc(N3CCC[C@H](C)C3)cc2)c(C)c1. The first-order valence-corrected chi connectivity index (χ1v) is 10.3. The van der Waals surface area contributed by atoms with Crippen LogP contribution in [0.5, 0.6) is 5.75 Å². The lowest BCUT2D eigenvalue weighted by Gasteiger charge is -2.33. The Labute approximate surface area is 168 Å². The Morgan fingerprint density at radius 2 is 1.96 bits per heavy atom. The Balaban J connectivity index is 1.52. The fourth-order valence-corrected chi connectivity index (χ4v) is 3.87. The van der Waals surface area contributed by atoms with Crippen LogP contribution in [-0.2, 0) is 4.79 Å². The van der Waals surface area contributed by atoms with Crippen molar-refractivity contribution in [2.24, 2.45) is 5.92 Å². The molecule has 0 aromatic heterocycles. The van der Waals surface area contributed by atoms with Crippen molar-refractivity contribution in [3.05, 3.63) is 59.2 Å². The van der Waals surface area contributed by atoms with Crippen LogP contribution < -0.4 is 15.0 Å². The number of carbonyl (C=O) groups excluding carboxylic acids is 1. The highest BCUT2D eigenvalue weighted by atomic mass is 16.5. The van der Waals surface area contributed by atoms with Gasteiger partial charge in [-0.1, -0.05) is 36.8 Å². The molecule has 3 rings (SSSR count). The van der Waals surface area contributed by atoms with E-state index in [1.165, 1.54) is 24.1 Å². The van der Waals surface area contributed by atoms with Gasteiger partial charge in [-0.05, 0) is 68.9 Å². The van der Waals surface area contributed by atoms with Gasteiger partial charge in [0, 0.05) is 18.8 Å². The number of ether oxygens (including phenoxy) is 1. The Morgan fingerprint density at radius 3 is 2.64 bits per heavy atom. The molecule has 1 N–H and O–H groups in total. The third-order valence-corrected chi connectivity index (χ3v) is 5.48. The number of benzene rings is 2. The summed E-state index contributed by atoms with van der Waals surface area (Å²) in [7, 11) is 0.